The highest BCUT2D eigenvalue weighted by molar-refractivity contribution is 6.30. The van der Waals surface area contributed by atoms with Crippen molar-refractivity contribution in [3.8, 4) is 0 Å². The predicted molar refractivity (Wildman–Crippen MR) is 63.0 cm³/mol. The van der Waals surface area contributed by atoms with Crippen LogP contribution in [-0.2, 0) is 0 Å². The lowest BCUT2D eigenvalue weighted by molar-refractivity contribution is -0.591. The largest absolute Gasteiger partial charge is 0.857 e. The minimum atomic E-state index is -0.239. The molecule has 0 aromatic heterocycles. The second kappa shape index (κ2) is 3.91. The van der Waals surface area contributed by atoms with Gasteiger partial charge < -0.3 is 5.11 Å². The van der Waals surface area contributed by atoms with Crippen molar-refractivity contribution in [1.29, 1.82) is 0 Å². The van der Waals surface area contributed by atoms with Gasteiger partial charge >= 0.3 is 0 Å². The molecule has 1 aromatic rings. The van der Waals surface area contributed by atoms with Crippen LogP contribution in [0.4, 0.5) is 0 Å². The van der Waals surface area contributed by atoms with E-state index in [4.69, 9.17) is 11.6 Å². The molecule has 0 saturated carbocycles. The van der Waals surface area contributed by atoms with Crippen LogP contribution < -0.4 is 5.11 Å². The molecule has 1 aromatic carbocycles. The molecule has 0 fully saturated rings. The van der Waals surface area contributed by atoms with Crippen molar-refractivity contribution in [2.75, 3.05) is 0 Å². The van der Waals surface area contributed by atoms with Crippen LogP contribution >= 0.6 is 11.6 Å². The zero-order valence-electron chi connectivity index (χ0n) is 9.27. The van der Waals surface area contributed by atoms with Gasteiger partial charge in [0.05, 0.1) is 0 Å². The van der Waals surface area contributed by atoms with Crippen LogP contribution in [0.15, 0.2) is 29.4 Å². The Balaban J connectivity index is 2.34. The van der Waals surface area contributed by atoms with Gasteiger partial charge in [-0.25, -0.2) is 0 Å². The SMILES string of the molecule is CC1(C)CC([O-])=N/[N+]1=C\c1ccc(Cl)cc1. The summed E-state index contributed by atoms with van der Waals surface area (Å²) in [4.78, 5) is 0. The molecule has 0 radical (unpaired) electrons. The van der Waals surface area contributed by atoms with Crippen molar-refractivity contribution in [3.63, 3.8) is 0 Å². The van der Waals surface area contributed by atoms with Gasteiger partial charge in [-0.15, -0.1) is 0 Å². The molecule has 16 heavy (non-hydrogen) atoms. The summed E-state index contributed by atoms with van der Waals surface area (Å²) >= 11 is 5.80. The Morgan fingerprint density at radius 3 is 2.50 bits per heavy atom. The van der Waals surface area contributed by atoms with Crippen molar-refractivity contribution in [2.24, 2.45) is 5.10 Å². The zero-order valence-corrected chi connectivity index (χ0v) is 10.0. The first-order valence-corrected chi connectivity index (χ1v) is 5.49. The Bertz CT molecular complexity index is 460. The highest BCUT2D eigenvalue weighted by Crippen LogP contribution is 2.20. The van der Waals surface area contributed by atoms with Crippen LogP contribution in [0, 0.1) is 0 Å². The fourth-order valence-electron chi connectivity index (χ4n) is 1.64. The van der Waals surface area contributed by atoms with E-state index in [2.05, 4.69) is 5.10 Å². The van der Waals surface area contributed by atoms with Crippen LogP contribution in [0.5, 0.6) is 0 Å². The smallest absolute Gasteiger partial charge is 0.203 e. The molecule has 1 aliphatic heterocycles. The van der Waals surface area contributed by atoms with E-state index in [0.717, 1.165) is 5.56 Å². The van der Waals surface area contributed by atoms with E-state index in [1.807, 2.05) is 44.3 Å². The van der Waals surface area contributed by atoms with Gasteiger partial charge in [0.15, 0.2) is 5.54 Å². The van der Waals surface area contributed by atoms with Crippen LogP contribution in [-0.4, -0.2) is 22.3 Å². The Morgan fingerprint density at radius 1 is 1.38 bits per heavy atom. The number of hydrazone groups is 1. The standard InChI is InChI=1S/C12H13ClN2O/c1-12(2)7-11(16)14-15(12)8-9-3-5-10(13)6-4-9/h3-6,8H,7H2,1-2H3/b15-8-. The van der Waals surface area contributed by atoms with Gasteiger partial charge in [-0.05, 0) is 29.4 Å². The third-order valence-corrected chi connectivity index (χ3v) is 2.82. The number of benzene rings is 1. The molecular weight excluding hydrogens is 224 g/mol. The third kappa shape index (κ3) is 2.25. The molecular formula is C12H13ClN2O. The van der Waals surface area contributed by atoms with E-state index in [-0.39, 0.29) is 11.4 Å². The summed E-state index contributed by atoms with van der Waals surface area (Å²) in [7, 11) is 0. The summed E-state index contributed by atoms with van der Waals surface area (Å²) in [5.41, 5.74) is 0.743. The lowest BCUT2D eigenvalue weighted by atomic mass is 10.0. The van der Waals surface area contributed by atoms with Gasteiger partial charge in [0.2, 0.25) is 6.21 Å². The molecule has 1 aliphatic rings. The summed E-state index contributed by atoms with van der Waals surface area (Å²) in [6.45, 7) is 3.99. The highest BCUT2D eigenvalue weighted by Gasteiger charge is 2.36. The first kappa shape index (κ1) is 11.1. The summed E-state index contributed by atoms with van der Waals surface area (Å²) in [5, 5.41) is 15.9. The molecule has 0 amide bonds. The Morgan fingerprint density at radius 2 is 2.00 bits per heavy atom. The lowest BCUT2D eigenvalue weighted by Gasteiger charge is -2.11. The quantitative estimate of drug-likeness (QED) is 0.683. The molecule has 0 atom stereocenters. The van der Waals surface area contributed by atoms with Crippen LogP contribution in [0.1, 0.15) is 25.8 Å². The van der Waals surface area contributed by atoms with Gasteiger partial charge in [-0.2, -0.15) is 0 Å². The molecule has 84 valence electrons. The maximum Gasteiger partial charge on any atom is 0.203 e. The Hall–Kier alpha value is -1.35. The molecule has 3 nitrogen and oxygen atoms in total. The minimum absolute atomic E-state index is 0.0739. The van der Waals surface area contributed by atoms with Crippen molar-refractivity contribution < 1.29 is 9.79 Å². The molecule has 1 heterocycles. The van der Waals surface area contributed by atoms with Crippen LogP contribution in [0.3, 0.4) is 0 Å². The number of rotatable bonds is 1. The number of hydrogen-bond donors (Lipinski definition) is 0. The fraction of sp³-hybridized carbons (Fsp3) is 0.333. The van der Waals surface area contributed by atoms with E-state index in [1.165, 1.54) is 0 Å². The van der Waals surface area contributed by atoms with Crippen LogP contribution in [0.25, 0.3) is 0 Å². The molecule has 0 aliphatic carbocycles. The van der Waals surface area contributed by atoms with Crippen molar-refractivity contribution in [1.82, 2.24) is 0 Å². The Kier molecular flexibility index (Phi) is 2.72. The fourth-order valence-corrected chi connectivity index (χ4v) is 1.76. The molecule has 0 unspecified atom stereocenters. The number of hydrogen-bond acceptors (Lipinski definition) is 2. The molecule has 0 N–H and O–H groups in total. The maximum absolute atomic E-state index is 11.3. The minimum Gasteiger partial charge on any atom is -0.857 e. The summed E-state index contributed by atoms with van der Waals surface area (Å²) < 4.78 is 1.72. The van der Waals surface area contributed by atoms with E-state index in [9.17, 15) is 5.11 Å². The predicted octanol–water partition coefficient (Wildman–Crippen LogP) is 1.63. The number of nitrogens with zero attached hydrogens (tertiary/aromatic N) is 2. The lowest BCUT2D eigenvalue weighted by Crippen LogP contribution is -2.31. The maximum atomic E-state index is 11.3. The van der Waals surface area contributed by atoms with Gasteiger partial charge in [0.1, 0.15) is 0 Å². The third-order valence-electron chi connectivity index (χ3n) is 2.56. The summed E-state index contributed by atoms with van der Waals surface area (Å²) in [6, 6.07) is 7.43. The average Bonchev–Trinajstić information content (AvgIpc) is 2.43. The molecule has 0 bridgehead atoms. The Labute approximate surface area is 99.7 Å². The van der Waals surface area contributed by atoms with Gasteiger partial charge in [0, 0.05) is 36.8 Å². The first-order valence-electron chi connectivity index (χ1n) is 5.12. The first-order chi connectivity index (χ1) is 7.47. The second-order valence-corrected chi connectivity index (χ2v) is 4.94. The van der Waals surface area contributed by atoms with Gasteiger partial charge in [-0.1, -0.05) is 16.3 Å². The van der Waals surface area contributed by atoms with E-state index in [1.54, 1.807) is 4.68 Å². The molecule has 2 rings (SSSR count). The zero-order chi connectivity index (χ0) is 11.8. The van der Waals surface area contributed by atoms with E-state index in [0.29, 0.717) is 11.4 Å². The molecule has 4 heteroatoms. The summed E-state index contributed by atoms with van der Waals surface area (Å²) in [5.74, 6) is -0.0739. The van der Waals surface area contributed by atoms with Crippen LogP contribution in [0.2, 0.25) is 5.02 Å². The van der Waals surface area contributed by atoms with Crippen molar-refractivity contribution in [2.45, 2.75) is 25.8 Å². The summed E-state index contributed by atoms with van der Waals surface area (Å²) in [6.07, 6.45) is 2.32. The van der Waals surface area contributed by atoms with Gasteiger partial charge in [-0.3, -0.25) is 0 Å². The normalized spacial score (nSPS) is 21.2. The van der Waals surface area contributed by atoms with Crippen molar-refractivity contribution >= 4 is 23.7 Å². The molecule has 0 spiro atoms. The van der Waals surface area contributed by atoms with E-state index >= 15 is 0 Å². The number of halogens is 1. The van der Waals surface area contributed by atoms with Crippen molar-refractivity contribution in [3.05, 3.63) is 34.9 Å². The molecule has 0 saturated heterocycles. The highest BCUT2D eigenvalue weighted by atomic mass is 35.5. The topological polar surface area (TPSA) is 38.4 Å². The van der Waals surface area contributed by atoms with Gasteiger partial charge in [0.25, 0.3) is 0 Å². The second-order valence-electron chi connectivity index (χ2n) is 4.51. The average molecular weight is 237 g/mol. The monoisotopic (exact) mass is 236 g/mol. The van der Waals surface area contributed by atoms with E-state index < -0.39 is 0 Å².